The van der Waals surface area contributed by atoms with Gasteiger partial charge in [-0.2, -0.15) is 13.5 Å². The van der Waals surface area contributed by atoms with Gasteiger partial charge in [0, 0.05) is 18.5 Å². The van der Waals surface area contributed by atoms with Crippen LogP contribution in [-0.4, -0.2) is 28.8 Å². The largest absolute Gasteiger partial charge is 0.302 e. The zero-order valence-electron chi connectivity index (χ0n) is 7.67. The summed E-state index contributed by atoms with van der Waals surface area (Å²) in [4.78, 5) is 4.03. The lowest BCUT2D eigenvalue weighted by Crippen LogP contribution is -2.03. The van der Waals surface area contributed by atoms with Gasteiger partial charge < -0.3 is 0 Å². The molecule has 0 fully saturated rings. The van der Waals surface area contributed by atoms with Crippen LogP contribution in [0.4, 0.5) is 3.89 Å². The van der Waals surface area contributed by atoms with Crippen LogP contribution < -0.4 is 0 Å². The van der Waals surface area contributed by atoms with Crippen LogP contribution in [0.2, 0.25) is 0 Å². The van der Waals surface area contributed by atoms with E-state index < -0.39 is 16.0 Å². The molecule has 0 bridgehead atoms. The molecule has 0 unspecified atom stereocenters. The van der Waals surface area contributed by atoms with Gasteiger partial charge in [0.15, 0.2) is 5.65 Å². The smallest absolute Gasteiger partial charge is 0.237 e. The second-order valence-electron chi connectivity index (χ2n) is 3.09. The van der Waals surface area contributed by atoms with Gasteiger partial charge in [0.25, 0.3) is 0 Å². The number of hydrogen-bond donors (Lipinski definition) is 0. The van der Waals surface area contributed by atoms with E-state index in [0.717, 1.165) is 0 Å². The maximum atomic E-state index is 12.3. The molecular formula is C8H8FN3O2S. The average Bonchev–Trinajstić information content (AvgIpc) is 2.60. The molecule has 0 saturated carbocycles. The minimum atomic E-state index is -4.42. The van der Waals surface area contributed by atoms with Crippen molar-refractivity contribution in [3.8, 4) is 0 Å². The molecule has 0 saturated heterocycles. The topological polar surface area (TPSA) is 64.3 Å². The predicted octanol–water partition coefficient (Wildman–Crippen LogP) is 0.571. The Bertz CT molecular complexity index is 578. The third-order valence-electron chi connectivity index (χ3n) is 1.93. The maximum Gasteiger partial charge on any atom is 0.302 e. The van der Waals surface area contributed by atoms with Gasteiger partial charge in [-0.15, -0.1) is 3.89 Å². The van der Waals surface area contributed by atoms with E-state index in [2.05, 4.69) is 10.1 Å². The second kappa shape index (κ2) is 3.58. The van der Waals surface area contributed by atoms with E-state index in [1.807, 2.05) is 0 Å². The molecule has 0 atom stereocenters. The molecule has 2 heterocycles. The zero-order valence-corrected chi connectivity index (χ0v) is 8.48. The summed E-state index contributed by atoms with van der Waals surface area (Å²) in [5.74, 6) is -0.526. The van der Waals surface area contributed by atoms with Crippen LogP contribution in [-0.2, 0) is 16.6 Å². The molecule has 0 N–H and O–H groups in total. The van der Waals surface area contributed by atoms with Crippen LogP contribution in [0.5, 0.6) is 0 Å². The minimum absolute atomic E-state index is 0.0988. The number of hydrogen-bond acceptors (Lipinski definition) is 4. The van der Waals surface area contributed by atoms with Gasteiger partial charge in [-0.25, -0.2) is 9.50 Å². The third-order valence-corrected chi connectivity index (χ3v) is 2.63. The Labute approximate surface area is 85.8 Å². The molecule has 0 spiro atoms. The first kappa shape index (κ1) is 10.0. The summed E-state index contributed by atoms with van der Waals surface area (Å²) in [7, 11) is -4.42. The van der Waals surface area contributed by atoms with Crippen LogP contribution in [0.1, 0.15) is 5.56 Å². The van der Waals surface area contributed by atoms with E-state index >= 15 is 0 Å². The first-order valence-electron chi connectivity index (χ1n) is 4.25. The highest BCUT2D eigenvalue weighted by molar-refractivity contribution is 7.86. The van der Waals surface area contributed by atoms with Gasteiger partial charge >= 0.3 is 10.2 Å². The lowest BCUT2D eigenvalue weighted by Gasteiger charge is -1.98. The quantitative estimate of drug-likeness (QED) is 0.722. The highest BCUT2D eigenvalue weighted by Gasteiger charge is 2.08. The normalized spacial score (nSPS) is 12.1. The molecule has 2 aromatic rings. The van der Waals surface area contributed by atoms with E-state index in [9.17, 15) is 12.3 Å². The SMILES string of the molecule is O=S(=O)(F)CCc1cnc2ccnn2c1. The molecule has 0 amide bonds. The monoisotopic (exact) mass is 229 g/mol. The summed E-state index contributed by atoms with van der Waals surface area (Å²) in [6.07, 6.45) is 4.83. The first-order valence-corrected chi connectivity index (χ1v) is 5.80. The Morgan fingerprint density at radius 3 is 3.00 bits per heavy atom. The van der Waals surface area contributed by atoms with Crippen LogP contribution in [0.25, 0.3) is 5.65 Å². The van der Waals surface area contributed by atoms with Crippen molar-refractivity contribution in [2.75, 3.05) is 5.75 Å². The van der Waals surface area contributed by atoms with E-state index in [-0.39, 0.29) is 6.42 Å². The van der Waals surface area contributed by atoms with Gasteiger partial charge in [0.1, 0.15) is 0 Å². The Morgan fingerprint density at radius 2 is 2.27 bits per heavy atom. The van der Waals surface area contributed by atoms with Crippen LogP contribution in [0.3, 0.4) is 0 Å². The van der Waals surface area contributed by atoms with Gasteiger partial charge in [-0.1, -0.05) is 0 Å². The van der Waals surface area contributed by atoms with Crippen molar-refractivity contribution in [1.82, 2.24) is 14.6 Å². The molecule has 0 aliphatic heterocycles. The van der Waals surface area contributed by atoms with Crippen molar-refractivity contribution in [2.24, 2.45) is 0 Å². The number of nitrogens with zero attached hydrogens (tertiary/aromatic N) is 3. The van der Waals surface area contributed by atoms with E-state index in [0.29, 0.717) is 11.2 Å². The fourth-order valence-corrected chi connectivity index (χ4v) is 1.70. The van der Waals surface area contributed by atoms with Gasteiger partial charge in [0.2, 0.25) is 0 Å². The standard InChI is InChI=1S/C8H8FN3O2S/c9-15(13,14)4-2-7-5-10-8-1-3-11-12(8)6-7/h1,3,5-6H,2,4H2. The Kier molecular flexibility index (Phi) is 2.39. The van der Waals surface area contributed by atoms with Gasteiger partial charge in [-0.3, -0.25) is 0 Å². The summed E-state index contributed by atoms with van der Waals surface area (Å²) in [5.41, 5.74) is 1.30. The molecule has 0 aromatic carbocycles. The first-order chi connectivity index (χ1) is 7.04. The number of halogens is 1. The van der Waals surface area contributed by atoms with Crippen LogP contribution in [0, 0.1) is 0 Å². The van der Waals surface area contributed by atoms with Gasteiger partial charge in [-0.05, 0) is 12.0 Å². The molecule has 80 valence electrons. The van der Waals surface area contributed by atoms with Crippen molar-refractivity contribution in [3.63, 3.8) is 0 Å². The number of aromatic nitrogens is 3. The number of rotatable bonds is 3. The molecule has 0 radical (unpaired) electrons. The van der Waals surface area contributed by atoms with Gasteiger partial charge in [0.05, 0.1) is 11.9 Å². The lowest BCUT2D eigenvalue weighted by molar-refractivity contribution is 0.551. The van der Waals surface area contributed by atoms with Crippen molar-refractivity contribution >= 4 is 15.9 Å². The zero-order chi connectivity index (χ0) is 10.9. The minimum Gasteiger partial charge on any atom is -0.237 e. The fraction of sp³-hybridized carbons (Fsp3) is 0.250. The summed E-state index contributed by atoms with van der Waals surface area (Å²) in [6, 6.07) is 1.72. The maximum absolute atomic E-state index is 12.3. The molecule has 0 aliphatic carbocycles. The number of aryl methyl sites for hydroxylation is 1. The summed E-state index contributed by atoms with van der Waals surface area (Å²) < 4.78 is 34.4. The Morgan fingerprint density at radius 1 is 1.47 bits per heavy atom. The highest BCUT2D eigenvalue weighted by atomic mass is 32.3. The summed E-state index contributed by atoms with van der Waals surface area (Å²) in [6.45, 7) is 0. The molecule has 2 rings (SSSR count). The number of fused-ring (bicyclic) bond motifs is 1. The third kappa shape index (κ3) is 2.50. The molecule has 0 aliphatic rings. The molecule has 5 nitrogen and oxygen atoms in total. The lowest BCUT2D eigenvalue weighted by atomic mass is 10.3. The second-order valence-corrected chi connectivity index (χ2v) is 4.58. The molecular weight excluding hydrogens is 221 g/mol. The van der Waals surface area contributed by atoms with Crippen molar-refractivity contribution in [2.45, 2.75) is 6.42 Å². The fourth-order valence-electron chi connectivity index (χ4n) is 1.22. The van der Waals surface area contributed by atoms with Crippen molar-refractivity contribution < 1.29 is 12.3 Å². The van der Waals surface area contributed by atoms with E-state index in [1.165, 1.54) is 10.7 Å². The summed E-state index contributed by atoms with van der Waals surface area (Å²) in [5, 5.41) is 3.93. The predicted molar refractivity (Wildman–Crippen MR) is 51.6 cm³/mol. The van der Waals surface area contributed by atoms with Crippen molar-refractivity contribution in [3.05, 3.63) is 30.2 Å². The van der Waals surface area contributed by atoms with Crippen molar-refractivity contribution in [1.29, 1.82) is 0 Å². The van der Waals surface area contributed by atoms with E-state index in [1.54, 1.807) is 18.5 Å². The average molecular weight is 229 g/mol. The van der Waals surface area contributed by atoms with Crippen LogP contribution >= 0.6 is 0 Å². The van der Waals surface area contributed by atoms with E-state index in [4.69, 9.17) is 0 Å². The molecule has 2 aromatic heterocycles. The molecule has 7 heteroatoms. The van der Waals surface area contributed by atoms with Crippen LogP contribution in [0.15, 0.2) is 24.7 Å². The molecule has 15 heavy (non-hydrogen) atoms. The summed E-state index contributed by atoms with van der Waals surface area (Å²) >= 11 is 0. The Hall–Kier alpha value is -1.50. The Balaban J connectivity index is 2.21. The highest BCUT2D eigenvalue weighted by Crippen LogP contribution is 2.04.